The van der Waals surface area contributed by atoms with Crippen LogP contribution in [0.3, 0.4) is 0 Å². The molecule has 1 aromatic carbocycles. The number of carbonyl (C=O) groups is 1. The van der Waals surface area contributed by atoms with Crippen LogP contribution in [0, 0.1) is 0 Å². The highest BCUT2D eigenvalue weighted by molar-refractivity contribution is 5.76. The van der Waals surface area contributed by atoms with Gasteiger partial charge in [0, 0.05) is 19.5 Å². The van der Waals surface area contributed by atoms with Gasteiger partial charge in [-0.05, 0) is 49.8 Å². The van der Waals surface area contributed by atoms with Gasteiger partial charge < -0.3 is 9.64 Å². The molecule has 1 aliphatic heterocycles. The fourth-order valence-electron chi connectivity index (χ4n) is 2.91. The minimum atomic E-state index is 0.361. The molecule has 0 saturated carbocycles. The van der Waals surface area contributed by atoms with Gasteiger partial charge in [0.2, 0.25) is 5.91 Å². The van der Waals surface area contributed by atoms with Crippen LogP contribution in [0.1, 0.15) is 50.5 Å². The van der Waals surface area contributed by atoms with E-state index in [0.29, 0.717) is 5.91 Å². The molecule has 1 saturated heterocycles. The number of methoxy groups -OCH3 is 1. The van der Waals surface area contributed by atoms with Gasteiger partial charge in [-0.25, -0.2) is 0 Å². The maximum Gasteiger partial charge on any atom is 0.222 e. The molecular weight excluding hydrogens is 262 g/mol. The number of aryl methyl sites for hydroxylation is 1. The third-order valence-corrected chi connectivity index (χ3v) is 4.20. The maximum absolute atomic E-state index is 11.9. The molecule has 0 spiro atoms. The van der Waals surface area contributed by atoms with Gasteiger partial charge in [-0.2, -0.15) is 0 Å². The third kappa shape index (κ3) is 5.41. The molecule has 1 amide bonds. The molecule has 0 N–H and O–H groups in total. The lowest BCUT2D eigenvalue weighted by atomic mass is 10.1. The van der Waals surface area contributed by atoms with Crippen LogP contribution in [0.15, 0.2) is 24.3 Å². The van der Waals surface area contributed by atoms with Crippen molar-refractivity contribution in [1.29, 1.82) is 0 Å². The lowest BCUT2D eigenvalue weighted by Gasteiger charge is -2.14. The first-order chi connectivity index (χ1) is 10.3. The number of ether oxygens (including phenoxy) is 1. The summed E-state index contributed by atoms with van der Waals surface area (Å²) in [5.74, 6) is 1.30. The van der Waals surface area contributed by atoms with Crippen molar-refractivity contribution < 1.29 is 9.53 Å². The summed E-state index contributed by atoms with van der Waals surface area (Å²) in [4.78, 5) is 13.9. The molecule has 0 aromatic heterocycles. The van der Waals surface area contributed by atoms with E-state index in [9.17, 15) is 4.79 Å². The zero-order valence-corrected chi connectivity index (χ0v) is 13.1. The average molecular weight is 289 g/mol. The van der Waals surface area contributed by atoms with Crippen LogP contribution in [0.25, 0.3) is 0 Å². The van der Waals surface area contributed by atoms with Crippen LogP contribution >= 0.6 is 0 Å². The Morgan fingerprint density at radius 3 is 2.67 bits per heavy atom. The van der Waals surface area contributed by atoms with E-state index >= 15 is 0 Å². The molecule has 1 heterocycles. The molecular formula is C18H27NO2. The first-order valence-corrected chi connectivity index (χ1v) is 8.20. The number of benzene rings is 1. The minimum Gasteiger partial charge on any atom is -0.497 e. The number of rotatable bonds is 8. The summed E-state index contributed by atoms with van der Waals surface area (Å²) in [5.41, 5.74) is 1.34. The first-order valence-electron chi connectivity index (χ1n) is 8.20. The number of hydrogen-bond acceptors (Lipinski definition) is 2. The maximum atomic E-state index is 11.9. The Balaban J connectivity index is 1.54. The summed E-state index contributed by atoms with van der Waals surface area (Å²) in [6.07, 6.45) is 8.78. The van der Waals surface area contributed by atoms with Crippen molar-refractivity contribution in [2.45, 2.75) is 51.4 Å². The summed E-state index contributed by atoms with van der Waals surface area (Å²) >= 11 is 0. The SMILES string of the molecule is COc1cccc(CCCCCCC(=O)N2CCCC2)c1. The fourth-order valence-corrected chi connectivity index (χ4v) is 2.91. The zero-order chi connectivity index (χ0) is 14.9. The highest BCUT2D eigenvalue weighted by Crippen LogP contribution is 2.16. The summed E-state index contributed by atoms with van der Waals surface area (Å²) in [7, 11) is 1.70. The predicted molar refractivity (Wildman–Crippen MR) is 85.6 cm³/mol. The van der Waals surface area contributed by atoms with Gasteiger partial charge in [-0.3, -0.25) is 4.79 Å². The van der Waals surface area contributed by atoms with Gasteiger partial charge in [0.05, 0.1) is 7.11 Å². The van der Waals surface area contributed by atoms with E-state index in [4.69, 9.17) is 4.74 Å². The highest BCUT2D eigenvalue weighted by Gasteiger charge is 2.16. The summed E-state index contributed by atoms with van der Waals surface area (Å²) in [6, 6.07) is 8.28. The molecule has 0 bridgehead atoms. The minimum absolute atomic E-state index is 0.361. The molecule has 3 nitrogen and oxygen atoms in total. The van der Waals surface area contributed by atoms with Gasteiger partial charge in [0.15, 0.2) is 0 Å². The zero-order valence-electron chi connectivity index (χ0n) is 13.1. The van der Waals surface area contributed by atoms with E-state index in [-0.39, 0.29) is 0 Å². The van der Waals surface area contributed by atoms with Crippen molar-refractivity contribution in [1.82, 2.24) is 4.90 Å². The molecule has 0 radical (unpaired) electrons. The quantitative estimate of drug-likeness (QED) is 0.681. The van der Waals surface area contributed by atoms with Gasteiger partial charge in [0.25, 0.3) is 0 Å². The Kier molecular flexibility index (Phi) is 6.58. The van der Waals surface area contributed by atoms with Crippen LogP contribution in [-0.4, -0.2) is 31.0 Å². The fraction of sp³-hybridized carbons (Fsp3) is 0.611. The molecule has 1 aliphatic rings. The lowest BCUT2D eigenvalue weighted by Crippen LogP contribution is -2.27. The van der Waals surface area contributed by atoms with Crippen LogP contribution in [0.4, 0.5) is 0 Å². The second-order valence-corrected chi connectivity index (χ2v) is 5.85. The van der Waals surface area contributed by atoms with Crippen LogP contribution in [-0.2, 0) is 11.2 Å². The van der Waals surface area contributed by atoms with Crippen molar-refractivity contribution in [3.05, 3.63) is 29.8 Å². The average Bonchev–Trinajstić information content (AvgIpc) is 3.05. The summed E-state index contributed by atoms with van der Waals surface area (Å²) in [6.45, 7) is 1.96. The van der Waals surface area contributed by atoms with E-state index in [1.807, 2.05) is 17.0 Å². The molecule has 1 aromatic rings. The van der Waals surface area contributed by atoms with Crippen LogP contribution in [0.5, 0.6) is 5.75 Å². The summed E-state index contributed by atoms with van der Waals surface area (Å²) in [5, 5.41) is 0. The normalized spacial score (nSPS) is 14.4. The van der Waals surface area contributed by atoms with Crippen molar-refractivity contribution >= 4 is 5.91 Å². The van der Waals surface area contributed by atoms with Crippen LogP contribution < -0.4 is 4.74 Å². The Morgan fingerprint density at radius 2 is 1.90 bits per heavy atom. The number of nitrogens with zero attached hydrogens (tertiary/aromatic N) is 1. The van der Waals surface area contributed by atoms with Crippen molar-refractivity contribution in [3.8, 4) is 5.75 Å². The largest absolute Gasteiger partial charge is 0.497 e. The molecule has 1 fully saturated rings. The van der Waals surface area contributed by atoms with Crippen molar-refractivity contribution in [3.63, 3.8) is 0 Å². The van der Waals surface area contributed by atoms with Gasteiger partial charge in [-0.15, -0.1) is 0 Å². The topological polar surface area (TPSA) is 29.5 Å². The Hall–Kier alpha value is -1.51. The second-order valence-electron chi connectivity index (χ2n) is 5.85. The number of unbranched alkanes of at least 4 members (excludes halogenated alkanes) is 3. The van der Waals surface area contributed by atoms with Gasteiger partial charge >= 0.3 is 0 Å². The van der Waals surface area contributed by atoms with E-state index in [1.54, 1.807) is 7.11 Å². The van der Waals surface area contributed by atoms with E-state index < -0.39 is 0 Å². The van der Waals surface area contributed by atoms with Crippen molar-refractivity contribution in [2.24, 2.45) is 0 Å². The molecule has 116 valence electrons. The van der Waals surface area contributed by atoms with E-state index in [2.05, 4.69) is 12.1 Å². The Morgan fingerprint density at radius 1 is 1.14 bits per heavy atom. The molecule has 21 heavy (non-hydrogen) atoms. The molecule has 0 aliphatic carbocycles. The molecule has 3 heteroatoms. The van der Waals surface area contributed by atoms with Crippen molar-refractivity contribution in [2.75, 3.05) is 20.2 Å². The molecule has 2 rings (SSSR count). The van der Waals surface area contributed by atoms with E-state index in [1.165, 1.54) is 31.2 Å². The van der Waals surface area contributed by atoms with Crippen LogP contribution in [0.2, 0.25) is 0 Å². The molecule has 0 unspecified atom stereocenters. The monoisotopic (exact) mass is 289 g/mol. The second kappa shape index (κ2) is 8.71. The Labute approximate surface area is 128 Å². The number of amides is 1. The highest BCUT2D eigenvalue weighted by atomic mass is 16.5. The lowest BCUT2D eigenvalue weighted by molar-refractivity contribution is -0.130. The smallest absolute Gasteiger partial charge is 0.222 e. The van der Waals surface area contributed by atoms with E-state index in [0.717, 1.165) is 44.5 Å². The van der Waals surface area contributed by atoms with Gasteiger partial charge in [-0.1, -0.05) is 25.0 Å². The number of likely N-dealkylation sites (tertiary alicyclic amines) is 1. The number of carbonyl (C=O) groups excluding carboxylic acids is 1. The predicted octanol–water partition coefficient (Wildman–Crippen LogP) is 3.81. The van der Waals surface area contributed by atoms with Gasteiger partial charge in [0.1, 0.15) is 5.75 Å². The first kappa shape index (κ1) is 15.9. The standard InChI is InChI=1S/C18H27NO2/c1-21-17-11-8-10-16(15-17)9-4-2-3-5-12-18(20)19-13-6-7-14-19/h8,10-11,15H,2-7,9,12-14H2,1H3. The summed E-state index contributed by atoms with van der Waals surface area (Å²) < 4.78 is 5.23. The molecule has 0 atom stereocenters. The third-order valence-electron chi connectivity index (χ3n) is 4.20. The Bertz CT molecular complexity index is 439. The number of hydrogen-bond donors (Lipinski definition) is 0.